The van der Waals surface area contributed by atoms with E-state index in [1.54, 1.807) is 12.1 Å². The van der Waals surface area contributed by atoms with Gasteiger partial charge in [0.1, 0.15) is 18.1 Å². The number of alkyl halides is 2. The molecule has 0 spiro atoms. The second-order valence-electron chi connectivity index (χ2n) is 6.36. The molecule has 0 amide bonds. The van der Waals surface area contributed by atoms with Crippen LogP contribution in [0.15, 0.2) is 41.7 Å². The third-order valence-corrected chi connectivity index (χ3v) is 3.78. The Morgan fingerprint density at radius 2 is 1.96 bits per heavy atom. The van der Waals surface area contributed by atoms with Crippen molar-refractivity contribution in [3.63, 3.8) is 0 Å². The average molecular weight is 395 g/mol. The van der Waals surface area contributed by atoms with Crippen LogP contribution in [-0.4, -0.2) is 39.8 Å². The molecule has 0 saturated heterocycles. The van der Waals surface area contributed by atoms with E-state index in [1.165, 1.54) is 12.4 Å². The first kappa shape index (κ1) is 21.6. The van der Waals surface area contributed by atoms with Crippen LogP contribution in [0, 0.1) is 0 Å². The molecular formula is C19H27F2N5O2. The van der Waals surface area contributed by atoms with Crippen molar-refractivity contribution in [2.24, 2.45) is 4.99 Å². The largest absolute Gasteiger partial charge is 0.491 e. The third-order valence-electron chi connectivity index (χ3n) is 3.78. The van der Waals surface area contributed by atoms with E-state index in [9.17, 15) is 13.9 Å². The van der Waals surface area contributed by atoms with Gasteiger partial charge in [0.2, 0.25) is 0 Å². The van der Waals surface area contributed by atoms with Crippen molar-refractivity contribution in [2.75, 3.05) is 13.1 Å². The summed E-state index contributed by atoms with van der Waals surface area (Å²) in [5.74, 6) is 1.31. The van der Waals surface area contributed by atoms with Crippen molar-refractivity contribution < 1.29 is 18.6 Å². The lowest BCUT2D eigenvalue weighted by molar-refractivity contribution is 0.0671. The van der Waals surface area contributed by atoms with Gasteiger partial charge in [-0.05, 0) is 38.5 Å². The summed E-state index contributed by atoms with van der Waals surface area (Å²) in [4.78, 5) is 8.16. The summed E-state index contributed by atoms with van der Waals surface area (Å²) in [6.45, 7) is 3.91. The Balaban J connectivity index is 1.95. The van der Waals surface area contributed by atoms with E-state index < -0.39 is 12.7 Å². The molecule has 3 N–H and O–H groups in total. The molecule has 9 heteroatoms. The zero-order chi connectivity index (χ0) is 20.5. The molecule has 0 aliphatic heterocycles. The zero-order valence-corrected chi connectivity index (χ0v) is 16.3. The fraction of sp³-hybridized carbons (Fsp3) is 0.474. The van der Waals surface area contributed by atoms with Gasteiger partial charge in [-0.15, -0.1) is 0 Å². The van der Waals surface area contributed by atoms with E-state index in [2.05, 4.69) is 20.6 Å². The fourth-order valence-corrected chi connectivity index (χ4v) is 2.49. The molecule has 2 rings (SSSR count). The van der Waals surface area contributed by atoms with E-state index in [1.807, 2.05) is 32.9 Å². The van der Waals surface area contributed by atoms with Crippen molar-refractivity contribution >= 4 is 5.96 Å². The normalized spacial score (nSPS) is 13.1. The average Bonchev–Trinajstić information content (AvgIpc) is 3.13. The molecule has 1 atom stereocenters. The maximum Gasteiger partial charge on any atom is 0.319 e. The molecular weight excluding hydrogens is 368 g/mol. The number of benzene rings is 1. The van der Waals surface area contributed by atoms with Crippen molar-refractivity contribution in [3.05, 3.63) is 48.0 Å². The highest BCUT2D eigenvalue weighted by Gasteiger charge is 2.12. The van der Waals surface area contributed by atoms with Gasteiger partial charge in [0.25, 0.3) is 0 Å². The molecule has 0 aliphatic carbocycles. The molecule has 1 heterocycles. The van der Waals surface area contributed by atoms with Crippen LogP contribution in [0.25, 0.3) is 0 Å². The van der Waals surface area contributed by atoms with Gasteiger partial charge >= 0.3 is 6.55 Å². The highest BCUT2D eigenvalue weighted by Crippen LogP contribution is 2.18. The molecule has 0 radical (unpaired) electrons. The van der Waals surface area contributed by atoms with Crippen LogP contribution in [-0.2, 0) is 6.54 Å². The molecule has 1 aromatic heterocycles. The first-order chi connectivity index (χ1) is 13.4. The summed E-state index contributed by atoms with van der Waals surface area (Å²) >= 11 is 0. The Kier molecular flexibility index (Phi) is 8.19. The lowest BCUT2D eigenvalue weighted by Crippen LogP contribution is -2.39. The number of aliphatic hydroxyl groups is 1. The molecule has 0 saturated carbocycles. The van der Waals surface area contributed by atoms with Crippen molar-refractivity contribution in [1.82, 2.24) is 20.2 Å². The van der Waals surface area contributed by atoms with Crippen LogP contribution < -0.4 is 15.4 Å². The minimum Gasteiger partial charge on any atom is -0.491 e. The number of aliphatic imine (C=N–C) groups is 1. The fourth-order valence-electron chi connectivity index (χ4n) is 2.49. The van der Waals surface area contributed by atoms with Crippen LogP contribution in [0.5, 0.6) is 5.75 Å². The molecule has 0 aliphatic rings. The Morgan fingerprint density at radius 1 is 1.25 bits per heavy atom. The number of aromatic nitrogens is 2. The van der Waals surface area contributed by atoms with E-state index in [-0.39, 0.29) is 25.0 Å². The zero-order valence-electron chi connectivity index (χ0n) is 16.3. The predicted molar refractivity (Wildman–Crippen MR) is 103 cm³/mol. The number of rotatable bonds is 9. The van der Waals surface area contributed by atoms with Gasteiger partial charge in [0.15, 0.2) is 5.96 Å². The molecule has 1 unspecified atom stereocenters. The maximum atomic E-state index is 12.9. The quantitative estimate of drug-likeness (QED) is 0.449. The minimum absolute atomic E-state index is 0.00991. The van der Waals surface area contributed by atoms with Gasteiger partial charge in [0.05, 0.1) is 12.2 Å². The number of ether oxygens (including phenoxy) is 1. The van der Waals surface area contributed by atoms with Crippen LogP contribution in [0.1, 0.15) is 44.8 Å². The van der Waals surface area contributed by atoms with Crippen molar-refractivity contribution in [2.45, 2.75) is 46.1 Å². The first-order valence-electron chi connectivity index (χ1n) is 9.17. The summed E-state index contributed by atoms with van der Waals surface area (Å²) in [6.07, 6.45) is 1.84. The minimum atomic E-state index is -2.66. The van der Waals surface area contributed by atoms with Crippen molar-refractivity contribution in [1.29, 1.82) is 0 Å². The topological polar surface area (TPSA) is 83.7 Å². The predicted octanol–water partition coefficient (Wildman–Crippen LogP) is 2.85. The van der Waals surface area contributed by atoms with Gasteiger partial charge in [-0.1, -0.05) is 12.1 Å². The van der Waals surface area contributed by atoms with Gasteiger partial charge < -0.3 is 20.5 Å². The number of imidazole rings is 1. The Hall–Kier alpha value is -2.68. The lowest BCUT2D eigenvalue weighted by atomic mass is 10.1. The third kappa shape index (κ3) is 6.49. The van der Waals surface area contributed by atoms with Gasteiger partial charge in [0, 0.05) is 25.5 Å². The number of aliphatic hydroxyl groups excluding tert-OH is 1. The molecule has 154 valence electrons. The van der Waals surface area contributed by atoms with E-state index in [4.69, 9.17) is 4.74 Å². The Bertz CT molecular complexity index is 747. The van der Waals surface area contributed by atoms with Gasteiger partial charge in [-0.25, -0.2) is 9.98 Å². The highest BCUT2D eigenvalue weighted by molar-refractivity contribution is 5.79. The van der Waals surface area contributed by atoms with Gasteiger partial charge in [-0.3, -0.25) is 4.57 Å². The number of halogens is 2. The number of hydrogen-bond acceptors (Lipinski definition) is 4. The smallest absolute Gasteiger partial charge is 0.319 e. The van der Waals surface area contributed by atoms with Crippen molar-refractivity contribution in [3.8, 4) is 5.75 Å². The van der Waals surface area contributed by atoms with E-state index in [0.717, 1.165) is 15.9 Å². The second kappa shape index (κ2) is 10.6. The van der Waals surface area contributed by atoms with E-state index in [0.29, 0.717) is 12.5 Å². The summed E-state index contributed by atoms with van der Waals surface area (Å²) in [5.41, 5.74) is 0.729. The molecule has 2 aromatic rings. The molecule has 0 bridgehead atoms. The Labute approximate surface area is 163 Å². The molecule has 7 nitrogen and oxygen atoms in total. The highest BCUT2D eigenvalue weighted by atomic mass is 19.3. The second-order valence-corrected chi connectivity index (χ2v) is 6.36. The van der Waals surface area contributed by atoms with Gasteiger partial charge in [-0.2, -0.15) is 8.78 Å². The summed E-state index contributed by atoms with van der Waals surface area (Å²) in [6, 6.07) is 7.21. The van der Waals surface area contributed by atoms with Crippen LogP contribution >= 0.6 is 0 Å². The number of hydrogen-bond donors (Lipinski definition) is 3. The summed E-state index contributed by atoms with van der Waals surface area (Å²) in [5, 5.41) is 16.4. The first-order valence-corrected chi connectivity index (χ1v) is 9.17. The maximum absolute atomic E-state index is 12.9. The number of nitrogens with zero attached hydrogens (tertiary/aromatic N) is 3. The number of nitrogens with one attached hydrogen (secondary N) is 2. The number of guanidine groups is 1. The SMILES string of the molecule is CCNC(=NCc1nccn1C(F)F)NCC(O)c1ccc(OC(C)C)cc1. The monoisotopic (exact) mass is 395 g/mol. The van der Waals surface area contributed by atoms with E-state index >= 15 is 0 Å². The van der Waals surface area contributed by atoms with Crippen LogP contribution in [0.4, 0.5) is 8.78 Å². The Morgan fingerprint density at radius 3 is 2.57 bits per heavy atom. The molecule has 28 heavy (non-hydrogen) atoms. The molecule has 0 fully saturated rings. The molecule has 1 aromatic carbocycles. The summed E-state index contributed by atoms with van der Waals surface area (Å²) in [7, 11) is 0. The lowest BCUT2D eigenvalue weighted by Gasteiger charge is -2.16. The standard InChI is InChI=1S/C19H27F2N5O2/c1-4-22-19(25-12-17-23-9-10-26(17)18(20)21)24-11-16(27)14-5-7-15(8-6-14)28-13(2)3/h5-10,13,16,18,27H,4,11-12H2,1-3H3,(H2,22,24,25). The summed E-state index contributed by atoms with van der Waals surface area (Å²) < 4.78 is 32.1. The van der Waals surface area contributed by atoms with Crippen LogP contribution in [0.2, 0.25) is 0 Å². The van der Waals surface area contributed by atoms with Crippen LogP contribution in [0.3, 0.4) is 0 Å².